The minimum Gasteiger partial charge on any atom is -0.476 e. The molecule has 2 atom stereocenters. The van der Waals surface area contributed by atoms with Crippen molar-refractivity contribution in [3.8, 4) is 17.3 Å². The van der Waals surface area contributed by atoms with Gasteiger partial charge in [-0.2, -0.15) is 4.39 Å². The maximum Gasteiger partial charge on any atom is 0.408 e. The summed E-state index contributed by atoms with van der Waals surface area (Å²) in [4.78, 5) is 43.5. The Labute approximate surface area is 264 Å². The highest BCUT2D eigenvalue weighted by Gasteiger charge is 2.31. The number of ether oxygens (including phenoxy) is 2. The van der Waals surface area contributed by atoms with Crippen LogP contribution in [0.3, 0.4) is 0 Å². The fraction of sp³-hybridized carbons (Fsp3) is 0.455. The molecule has 6 rings (SSSR count). The number of hydrogen-bond acceptors (Lipinski definition) is 6. The molecule has 2 aromatic carbocycles. The number of amides is 2. The Balaban J connectivity index is 1.33. The van der Waals surface area contributed by atoms with Gasteiger partial charge < -0.3 is 33.9 Å². The van der Waals surface area contributed by atoms with Crippen LogP contribution >= 0.6 is 0 Å². The second-order valence-electron chi connectivity index (χ2n) is 13.0. The maximum atomic E-state index is 14.2. The number of aromatic nitrogens is 3. The summed E-state index contributed by atoms with van der Waals surface area (Å²) in [7, 11) is 1.89. The molecular weight excluding hydrogens is 600 g/mol. The number of fused-ring (bicyclic) bond motifs is 3. The molecule has 0 bridgehead atoms. The molecule has 1 unspecified atom stereocenters. The van der Waals surface area contributed by atoms with E-state index in [-0.39, 0.29) is 18.2 Å². The summed E-state index contributed by atoms with van der Waals surface area (Å²) in [6.07, 6.45) is -0.613. The molecule has 2 aromatic heterocycles. The lowest BCUT2D eigenvalue weighted by molar-refractivity contribution is -0.153. The number of hydrogen-bond donors (Lipinski definition) is 2. The van der Waals surface area contributed by atoms with E-state index in [1.54, 1.807) is 39.0 Å². The van der Waals surface area contributed by atoms with Crippen molar-refractivity contribution in [1.82, 2.24) is 24.3 Å². The van der Waals surface area contributed by atoms with Crippen molar-refractivity contribution in [3.63, 3.8) is 0 Å². The van der Waals surface area contributed by atoms with Gasteiger partial charge in [0.25, 0.3) is 5.91 Å². The zero-order chi connectivity index (χ0) is 32.9. The number of nitrogens with zero attached hydrogens (tertiary/aromatic N) is 4. The lowest BCUT2D eigenvalue weighted by Gasteiger charge is -2.31. The van der Waals surface area contributed by atoms with E-state index in [4.69, 9.17) is 19.6 Å². The van der Waals surface area contributed by atoms with Gasteiger partial charge in [0.15, 0.2) is 5.82 Å². The molecule has 11 nitrogen and oxygen atoms in total. The fourth-order valence-electron chi connectivity index (χ4n) is 5.97. The lowest BCUT2D eigenvalue weighted by Crippen LogP contribution is -2.50. The quantitative estimate of drug-likeness (QED) is 0.244. The van der Waals surface area contributed by atoms with Crippen LogP contribution in [0, 0.1) is 5.92 Å². The van der Waals surface area contributed by atoms with Crippen LogP contribution in [0.2, 0.25) is 0 Å². The van der Waals surface area contributed by atoms with Crippen molar-refractivity contribution in [2.45, 2.75) is 64.6 Å². The molecule has 3 heterocycles. The van der Waals surface area contributed by atoms with Crippen LogP contribution in [-0.4, -0.2) is 79.9 Å². The summed E-state index contributed by atoms with van der Waals surface area (Å²) >= 11 is 0. The van der Waals surface area contributed by atoms with E-state index in [1.165, 1.54) is 4.90 Å². The van der Waals surface area contributed by atoms with Gasteiger partial charge in [0.1, 0.15) is 18.0 Å². The topological polar surface area (TPSA) is 128 Å². The number of rotatable bonds is 10. The first-order valence-corrected chi connectivity index (χ1v) is 15.3. The molecule has 4 aromatic rings. The average Bonchev–Trinajstić information content (AvgIpc) is 3.66. The van der Waals surface area contributed by atoms with Gasteiger partial charge in [-0.3, -0.25) is 4.79 Å². The average molecular weight is 638 g/mol. The largest absolute Gasteiger partial charge is 0.476 e. The third-order valence-electron chi connectivity index (χ3n) is 8.30. The van der Waals surface area contributed by atoms with Crippen molar-refractivity contribution in [1.29, 1.82) is 0 Å². The summed E-state index contributed by atoms with van der Waals surface area (Å²) in [5.41, 5.74) is 3.33. The molecule has 1 aliphatic heterocycles. The van der Waals surface area contributed by atoms with Crippen LogP contribution in [0.4, 0.5) is 13.6 Å². The molecule has 0 saturated heterocycles. The molecule has 1 aliphatic carbocycles. The zero-order valence-corrected chi connectivity index (χ0v) is 26.2. The van der Waals surface area contributed by atoms with Crippen molar-refractivity contribution < 1.29 is 37.7 Å². The first-order chi connectivity index (χ1) is 21.8. The van der Waals surface area contributed by atoms with Crippen LogP contribution in [0.1, 0.15) is 49.5 Å². The van der Waals surface area contributed by atoms with Gasteiger partial charge in [0.2, 0.25) is 0 Å². The van der Waals surface area contributed by atoms with E-state index in [2.05, 4.69) is 5.32 Å². The third kappa shape index (κ3) is 6.22. The van der Waals surface area contributed by atoms with Gasteiger partial charge in [0, 0.05) is 37.6 Å². The van der Waals surface area contributed by atoms with Crippen LogP contribution in [-0.2, 0) is 29.5 Å². The second-order valence-corrected chi connectivity index (χ2v) is 13.0. The molecule has 2 N–H and O–H groups in total. The van der Waals surface area contributed by atoms with Crippen molar-refractivity contribution in [3.05, 3.63) is 47.5 Å². The van der Waals surface area contributed by atoms with E-state index >= 15 is 0 Å². The van der Waals surface area contributed by atoms with Crippen molar-refractivity contribution in [2.24, 2.45) is 13.0 Å². The summed E-state index contributed by atoms with van der Waals surface area (Å²) in [6.45, 7) is 5.27. The Morgan fingerprint density at radius 1 is 1.20 bits per heavy atom. The molecule has 2 aliphatic rings. The summed E-state index contributed by atoms with van der Waals surface area (Å²) in [5.74, 6) is -0.801. The number of alkyl halides is 2. The zero-order valence-electron chi connectivity index (χ0n) is 26.2. The Morgan fingerprint density at radius 3 is 2.63 bits per heavy atom. The number of halogens is 2. The molecule has 0 radical (unpaired) electrons. The molecule has 13 heteroatoms. The Kier molecular flexibility index (Phi) is 8.11. The first kappa shape index (κ1) is 31.3. The number of imidazole rings is 1. The monoisotopic (exact) mass is 637 g/mol. The number of aliphatic carboxylic acids is 1. The highest BCUT2D eigenvalue weighted by Crippen LogP contribution is 2.40. The highest BCUT2D eigenvalue weighted by molar-refractivity contribution is 6.01. The highest BCUT2D eigenvalue weighted by atomic mass is 19.1. The first-order valence-electron chi connectivity index (χ1n) is 15.3. The number of carboxylic acids is 1. The summed E-state index contributed by atoms with van der Waals surface area (Å²) in [5, 5.41) is 12.4. The van der Waals surface area contributed by atoms with Crippen LogP contribution in [0.25, 0.3) is 33.5 Å². The minimum atomic E-state index is -2.51. The van der Waals surface area contributed by atoms with E-state index in [1.807, 2.05) is 34.4 Å². The molecular formula is C33H37F2N5O6. The van der Waals surface area contributed by atoms with Gasteiger partial charge in [-0.25, -0.2) is 19.0 Å². The van der Waals surface area contributed by atoms with E-state index in [0.29, 0.717) is 47.8 Å². The predicted molar refractivity (Wildman–Crippen MR) is 166 cm³/mol. The molecule has 46 heavy (non-hydrogen) atoms. The van der Waals surface area contributed by atoms with Crippen LogP contribution < -0.4 is 10.1 Å². The molecule has 1 saturated carbocycles. The number of alkyl carbamates (subject to hydrolysis) is 1. The number of benzene rings is 2. The Hall–Kier alpha value is -4.68. The van der Waals surface area contributed by atoms with Gasteiger partial charge in [0.05, 0.1) is 28.3 Å². The molecule has 1 fully saturated rings. The number of para-hydroxylation sites is 1. The normalized spacial score (nSPS) is 16.4. The standard InChI is InChI=1S/C33H37F2N5O6/c1-33(2,3)46-32(44)36-21(15-34)17-39-11-10-19-12-24-23(14-22(19)30(39)41)37-29(38(24)4)25-13-20-6-5-7-26(45-28(35)31(42)43)27(20)40(25)16-18-8-9-18/h5-7,12-14,18,21,28H,8-11,15-17H2,1-4H3,(H,36,44)(H,42,43)/t21-,28?/m1/s1. The molecule has 0 spiro atoms. The lowest BCUT2D eigenvalue weighted by atomic mass is 9.97. The third-order valence-corrected chi connectivity index (χ3v) is 8.30. The van der Waals surface area contributed by atoms with Crippen molar-refractivity contribution in [2.75, 3.05) is 19.8 Å². The fourth-order valence-corrected chi connectivity index (χ4v) is 5.97. The van der Waals surface area contributed by atoms with Gasteiger partial charge in [-0.15, -0.1) is 0 Å². The van der Waals surface area contributed by atoms with E-state index < -0.39 is 36.7 Å². The Morgan fingerprint density at radius 2 is 1.96 bits per heavy atom. The SMILES string of the molecule is Cn1c(-c2cc3cccc(OC(F)C(=O)O)c3n2CC2CC2)nc2cc3c(cc21)CCN(C[C@@H](CF)NC(=O)OC(C)(C)C)C3=O. The smallest absolute Gasteiger partial charge is 0.408 e. The second kappa shape index (κ2) is 11.9. The van der Waals surface area contributed by atoms with E-state index in [9.17, 15) is 23.2 Å². The van der Waals surface area contributed by atoms with Crippen LogP contribution in [0.5, 0.6) is 5.75 Å². The molecule has 244 valence electrons. The van der Waals surface area contributed by atoms with Crippen molar-refractivity contribution >= 4 is 39.9 Å². The van der Waals surface area contributed by atoms with Crippen LogP contribution in [0.15, 0.2) is 36.4 Å². The predicted octanol–water partition coefficient (Wildman–Crippen LogP) is 5.23. The molecule has 2 amide bonds. The van der Waals surface area contributed by atoms with Gasteiger partial charge in [-0.05, 0) is 75.8 Å². The number of carboxylic acid groups (broad SMARTS) is 1. The number of carbonyl (C=O) groups excluding carboxylic acids is 2. The number of carbonyl (C=O) groups is 3. The summed E-state index contributed by atoms with van der Waals surface area (Å²) in [6, 6.07) is 9.82. The number of nitrogens with one attached hydrogen (secondary N) is 1. The van der Waals surface area contributed by atoms with Gasteiger partial charge in [-0.1, -0.05) is 12.1 Å². The Bertz CT molecular complexity index is 1840. The number of aryl methyl sites for hydroxylation is 1. The summed E-state index contributed by atoms with van der Waals surface area (Å²) < 4.78 is 42.5. The van der Waals surface area contributed by atoms with E-state index in [0.717, 1.165) is 35.0 Å². The van der Waals surface area contributed by atoms with Gasteiger partial charge >= 0.3 is 18.4 Å². The maximum absolute atomic E-state index is 14.2. The minimum absolute atomic E-state index is 0.00713.